The second kappa shape index (κ2) is 8.41. The molecular formula is C22H18F4N5O+. The lowest BCUT2D eigenvalue weighted by Crippen LogP contribution is -2.08. The SMILES string of the molecule is Cc1nc2n(c1-c1cc(NCCO)cc(Nc3ccc(C(F)(F)F)cc3)n1)C=C(F)[C+]=C2. The smallest absolute Gasteiger partial charge is 0.395 e. The average molecular weight is 444 g/mol. The first-order valence-corrected chi connectivity index (χ1v) is 9.62. The number of rotatable bonds is 6. The molecule has 3 heterocycles. The van der Waals surface area contributed by atoms with Crippen molar-refractivity contribution >= 4 is 29.5 Å². The van der Waals surface area contributed by atoms with E-state index < -0.39 is 17.6 Å². The number of fused-ring (bicyclic) bond motifs is 1. The minimum Gasteiger partial charge on any atom is -0.395 e. The Labute approximate surface area is 180 Å². The first-order chi connectivity index (χ1) is 15.2. The molecule has 0 saturated heterocycles. The van der Waals surface area contributed by atoms with E-state index in [2.05, 4.69) is 26.7 Å². The monoisotopic (exact) mass is 444 g/mol. The summed E-state index contributed by atoms with van der Waals surface area (Å²) in [7, 11) is 0. The highest BCUT2D eigenvalue weighted by Gasteiger charge is 2.30. The van der Waals surface area contributed by atoms with Crippen molar-refractivity contribution in [2.45, 2.75) is 13.1 Å². The number of aromatic nitrogens is 3. The number of hydrogen-bond donors (Lipinski definition) is 3. The van der Waals surface area contributed by atoms with Gasteiger partial charge in [0, 0.05) is 24.0 Å². The molecule has 1 aliphatic heterocycles. The van der Waals surface area contributed by atoms with Gasteiger partial charge in [0.1, 0.15) is 11.5 Å². The van der Waals surface area contributed by atoms with E-state index in [1.807, 2.05) is 0 Å². The Balaban J connectivity index is 1.73. The van der Waals surface area contributed by atoms with Crippen molar-refractivity contribution in [1.82, 2.24) is 14.5 Å². The van der Waals surface area contributed by atoms with Crippen LogP contribution in [0, 0.1) is 13.0 Å². The van der Waals surface area contributed by atoms with Crippen molar-refractivity contribution in [2.24, 2.45) is 0 Å². The van der Waals surface area contributed by atoms with Crippen molar-refractivity contribution in [3.8, 4) is 11.4 Å². The van der Waals surface area contributed by atoms with Gasteiger partial charge in [-0.2, -0.15) is 27.1 Å². The van der Waals surface area contributed by atoms with Crippen LogP contribution in [0.2, 0.25) is 0 Å². The fourth-order valence-electron chi connectivity index (χ4n) is 3.30. The number of pyridine rings is 1. The Bertz CT molecular complexity index is 1200. The van der Waals surface area contributed by atoms with Gasteiger partial charge in [0.25, 0.3) is 0 Å². The first kappa shape index (κ1) is 21.5. The molecule has 1 aliphatic rings. The van der Waals surface area contributed by atoms with Crippen molar-refractivity contribution in [1.29, 1.82) is 0 Å². The number of aliphatic hydroxyl groups is 1. The van der Waals surface area contributed by atoms with Crippen LogP contribution in [0.15, 0.2) is 42.2 Å². The second-order valence-corrected chi connectivity index (χ2v) is 7.02. The third kappa shape index (κ3) is 4.46. The van der Waals surface area contributed by atoms with Crippen molar-refractivity contribution < 1.29 is 22.7 Å². The topological polar surface area (TPSA) is 75.0 Å². The maximum Gasteiger partial charge on any atom is 0.416 e. The van der Waals surface area contributed by atoms with Crippen LogP contribution in [-0.4, -0.2) is 32.8 Å². The van der Waals surface area contributed by atoms with E-state index in [4.69, 9.17) is 5.11 Å². The third-order valence-corrected chi connectivity index (χ3v) is 4.69. The molecule has 0 spiro atoms. The number of imidazole rings is 1. The summed E-state index contributed by atoms with van der Waals surface area (Å²) in [6, 6.07) is 7.95. The summed E-state index contributed by atoms with van der Waals surface area (Å²) in [6.45, 7) is 1.94. The van der Waals surface area contributed by atoms with Gasteiger partial charge < -0.3 is 15.7 Å². The number of allylic oxidation sites excluding steroid dienone is 2. The van der Waals surface area contributed by atoms with Crippen LogP contribution in [0.4, 0.5) is 34.8 Å². The van der Waals surface area contributed by atoms with Gasteiger partial charge in [-0.3, -0.25) is 0 Å². The molecule has 0 unspecified atom stereocenters. The molecule has 10 heteroatoms. The number of benzene rings is 1. The van der Waals surface area contributed by atoms with Gasteiger partial charge in [-0.25, -0.2) is 4.98 Å². The van der Waals surface area contributed by atoms with E-state index in [1.165, 1.54) is 24.4 Å². The predicted octanol–water partition coefficient (Wildman–Crippen LogP) is 5.02. The van der Waals surface area contributed by atoms with Crippen LogP contribution in [-0.2, 0) is 6.18 Å². The number of anilines is 3. The molecule has 3 aromatic rings. The summed E-state index contributed by atoms with van der Waals surface area (Å²) in [6.07, 6.45) is 0.721. The number of aliphatic hydroxyl groups excluding tert-OH is 1. The van der Waals surface area contributed by atoms with E-state index >= 15 is 0 Å². The van der Waals surface area contributed by atoms with Gasteiger partial charge in [0.15, 0.2) is 12.3 Å². The number of hydrogen-bond acceptors (Lipinski definition) is 5. The molecule has 0 amide bonds. The highest BCUT2D eigenvalue weighted by Crippen LogP contribution is 2.33. The summed E-state index contributed by atoms with van der Waals surface area (Å²) < 4.78 is 53.8. The molecule has 0 bridgehead atoms. The van der Waals surface area contributed by atoms with Gasteiger partial charge in [0.05, 0.1) is 29.6 Å². The molecule has 1 aromatic carbocycles. The summed E-state index contributed by atoms with van der Waals surface area (Å²) in [5.74, 6) is 0.278. The Hall–Kier alpha value is -3.75. The quantitative estimate of drug-likeness (QED) is 0.368. The fourth-order valence-corrected chi connectivity index (χ4v) is 3.30. The molecule has 0 atom stereocenters. The Kier molecular flexibility index (Phi) is 5.65. The molecule has 0 fully saturated rings. The molecule has 0 aliphatic carbocycles. The Morgan fingerprint density at radius 2 is 1.84 bits per heavy atom. The first-order valence-electron chi connectivity index (χ1n) is 9.62. The third-order valence-electron chi connectivity index (χ3n) is 4.69. The van der Waals surface area contributed by atoms with Crippen LogP contribution in [0.1, 0.15) is 17.1 Å². The molecule has 4 rings (SSSR count). The molecule has 6 nitrogen and oxygen atoms in total. The highest BCUT2D eigenvalue weighted by molar-refractivity contribution is 5.73. The maximum atomic E-state index is 13.8. The fraction of sp³-hybridized carbons (Fsp3) is 0.182. The van der Waals surface area contributed by atoms with E-state index in [0.717, 1.165) is 12.1 Å². The lowest BCUT2D eigenvalue weighted by Gasteiger charge is -2.13. The van der Waals surface area contributed by atoms with Crippen molar-refractivity contribution in [3.63, 3.8) is 0 Å². The molecule has 0 saturated carbocycles. The van der Waals surface area contributed by atoms with Crippen LogP contribution >= 0.6 is 0 Å². The second-order valence-electron chi connectivity index (χ2n) is 7.02. The minimum atomic E-state index is -4.43. The standard InChI is InChI=1S/C22H18F4N5O/c1-13-21(31-12-15(23)4-7-20(31)28-13)18-10-17(27-8-9-32)11-19(30-18)29-16-5-2-14(3-6-16)22(24,25)26/h2-3,5-7,10-12,32H,8-9H2,1H3,(H2,27,29,30)/q+1. The van der Waals surface area contributed by atoms with E-state index in [0.29, 0.717) is 40.1 Å². The van der Waals surface area contributed by atoms with E-state index in [9.17, 15) is 17.6 Å². The molecule has 2 aromatic heterocycles. The lowest BCUT2D eigenvalue weighted by molar-refractivity contribution is -0.137. The van der Waals surface area contributed by atoms with Gasteiger partial charge in [-0.05, 0) is 37.3 Å². The number of aryl methyl sites for hydroxylation is 1. The predicted molar refractivity (Wildman–Crippen MR) is 114 cm³/mol. The number of halogens is 4. The average Bonchev–Trinajstić information content (AvgIpc) is 3.06. The number of nitrogens with zero attached hydrogens (tertiary/aromatic N) is 3. The van der Waals surface area contributed by atoms with Crippen molar-refractivity contribution in [2.75, 3.05) is 23.8 Å². The minimum absolute atomic E-state index is 0.102. The summed E-state index contributed by atoms with van der Waals surface area (Å²) in [5, 5.41) is 15.2. The summed E-state index contributed by atoms with van der Waals surface area (Å²) >= 11 is 0. The molecule has 3 N–H and O–H groups in total. The van der Waals surface area contributed by atoms with Gasteiger partial charge in [0.2, 0.25) is 5.82 Å². The normalized spacial score (nSPS) is 12.8. The van der Waals surface area contributed by atoms with Gasteiger partial charge >= 0.3 is 12.0 Å². The van der Waals surface area contributed by atoms with Crippen molar-refractivity contribution in [3.05, 3.63) is 65.4 Å². The van der Waals surface area contributed by atoms with E-state index in [-0.39, 0.29) is 13.2 Å². The van der Waals surface area contributed by atoms with Crippen LogP contribution < -0.4 is 10.6 Å². The molecule has 32 heavy (non-hydrogen) atoms. The van der Waals surface area contributed by atoms with Gasteiger partial charge in [-0.1, -0.05) is 0 Å². The zero-order valence-electron chi connectivity index (χ0n) is 16.8. The Morgan fingerprint density at radius 3 is 2.53 bits per heavy atom. The summed E-state index contributed by atoms with van der Waals surface area (Å²) in [5.41, 5.74) is 1.88. The zero-order valence-corrected chi connectivity index (χ0v) is 16.8. The molecule has 0 radical (unpaired) electrons. The summed E-state index contributed by atoms with van der Waals surface area (Å²) in [4.78, 5) is 8.97. The van der Waals surface area contributed by atoms with E-state index in [1.54, 1.807) is 23.6 Å². The molecule has 164 valence electrons. The lowest BCUT2D eigenvalue weighted by atomic mass is 10.2. The highest BCUT2D eigenvalue weighted by atomic mass is 19.4. The van der Waals surface area contributed by atoms with Crippen LogP contribution in [0.5, 0.6) is 0 Å². The maximum absolute atomic E-state index is 13.8. The van der Waals surface area contributed by atoms with Crippen LogP contribution in [0.25, 0.3) is 23.7 Å². The number of alkyl halides is 3. The largest absolute Gasteiger partial charge is 0.416 e. The zero-order chi connectivity index (χ0) is 22.9. The van der Waals surface area contributed by atoms with Crippen LogP contribution in [0.3, 0.4) is 0 Å². The van der Waals surface area contributed by atoms with Gasteiger partial charge in [-0.15, -0.1) is 0 Å². The molecular weight excluding hydrogens is 426 g/mol. The Morgan fingerprint density at radius 1 is 1.09 bits per heavy atom. The number of nitrogens with one attached hydrogen (secondary N) is 2.